The molecule has 0 spiro atoms. The predicted molar refractivity (Wildman–Crippen MR) is 151 cm³/mol. The number of carbonyl (C=O) groups excluding carboxylic acids is 1. The third-order valence-electron chi connectivity index (χ3n) is 6.67. The number of rotatable bonds is 4. The second-order valence-corrected chi connectivity index (χ2v) is 11.3. The van der Waals surface area contributed by atoms with Crippen molar-refractivity contribution in [3.63, 3.8) is 0 Å². The molecule has 8 heteroatoms. The van der Waals surface area contributed by atoms with Gasteiger partial charge >= 0.3 is 0 Å². The average molecular weight is 540 g/mol. The summed E-state index contributed by atoms with van der Waals surface area (Å²) in [5.74, 6) is -0.190. The molecule has 0 N–H and O–H groups in total. The van der Waals surface area contributed by atoms with Crippen molar-refractivity contribution in [1.82, 2.24) is 4.98 Å². The Labute approximate surface area is 225 Å². The SMILES string of the molecule is O=C(c1ccc(-c2ccccn2)cc1)N1CCN(S(=O)(=O)c2ccc3cc(Cl)ccc3c2)c2ccccc21. The number of hydrogen-bond acceptors (Lipinski definition) is 4. The number of aromatic nitrogens is 1. The molecule has 5 aromatic rings. The van der Waals surface area contributed by atoms with Crippen molar-refractivity contribution in [3.8, 4) is 11.3 Å². The Balaban J connectivity index is 1.32. The summed E-state index contributed by atoms with van der Waals surface area (Å²) in [6, 6.07) is 30.4. The van der Waals surface area contributed by atoms with Crippen LogP contribution < -0.4 is 9.21 Å². The van der Waals surface area contributed by atoms with Crippen LogP contribution in [-0.2, 0) is 10.0 Å². The highest BCUT2D eigenvalue weighted by Crippen LogP contribution is 2.37. The standard InChI is InChI=1S/C30H22ClN3O3S/c31-25-14-12-24-20-26(15-13-23(24)19-25)38(36,37)34-18-17-33(28-6-1-2-7-29(28)34)30(35)22-10-8-21(9-11-22)27-5-3-4-16-32-27/h1-16,19-20H,17-18H2. The lowest BCUT2D eigenvalue weighted by atomic mass is 10.1. The fourth-order valence-electron chi connectivity index (χ4n) is 4.75. The first-order chi connectivity index (χ1) is 18.4. The molecule has 1 aliphatic rings. The van der Waals surface area contributed by atoms with Gasteiger partial charge in [-0.15, -0.1) is 0 Å². The molecule has 0 fully saturated rings. The number of carbonyl (C=O) groups is 1. The lowest BCUT2D eigenvalue weighted by Gasteiger charge is -2.37. The summed E-state index contributed by atoms with van der Waals surface area (Å²) >= 11 is 6.08. The van der Waals surface area contributed by atoms with Gasteiger partial charge in [0, 0.05) is 28.9 Å². The van der Waals surface area contributed by atoms with Crippen LogP contribution in [-0.4, -0.2) is 32.4 Å². The molecule has 188 valence electrons. The lowest BCUT2D eigenvalue weighted by molar-refractivity contribution is 0.0987. The van der Waals surface area contributed by atoms with Gasteiger partial charge < -0.3 is 4.90 Å². The van der Waals surface area contributed by atoms with E-state index >= 15 is 0 Å². The van der Waals surface area contributed by atoms with E-state index in [0.717, 1.165) is 22.0 Å². The third kappa shape index (κ3) is 4.30. The summed E-state index contributed by atoms with van der Waals surface area (Å²) in [5, 5.41) is 2.24. The summed E-state index contributed by atoms with van der Waals surface area (Å²) in [6.07, 6.45) is 1.73. The van der Waals surface area contributed by atoms with Crippen LogP contribution in [0.25, 0.3) is 22.0 Å². The minimum atomic E-state index is -3.87. The second-order valence-electron chi connectivity index (χ2n) is 8.97. The summed E-state index contributed by atoms with van der Waals surface area (Å²) in [5.41, 5.74) is 3.27. The van der Waals surface area contributed by atoms with E-state index < -0.39 is 10.0 Å². The van der Waals surface area contributed by atoms with Crippen molar-refractivity contribution in [1.29, 1.82) is 0 Å². The minimum Gasteiger partial charge on any atom is -0.304 e. The molecule has 0 saturated heterocycles. The van der Waals surface area contributed by atoms with Gasteiger partial charge in [0.1, 0.15) is 0 Å². The predicted octanol–water partition coefficient (Wildman–Crippen LogP) is 6.41. The van der Waals surface area contributed by atoms with E-state index in [4.69, 9.17) is 11.6 Å². The zero-order valence-electron chi connectivity index (χ0n) is 20.2. The lowest BCUT2D eigenvalue weighted by Crippen LogP contribution is -2.46. The highest BCUT2D eigenvalue weighted by molar-refractivity contribution is 7.92. The van der Waals surface area contributed by atoms with E-state index in [1.807, 2.05) is 30.3 Å². The Hall–Kier alpha value is -4.20. The molecular formula is C30H22ClN3O3S. The first kappa shape index (κ1) is 24.2. The van der Waals surface area contributed by atoms with Crippen molar-refractivity contribution >= 4 is 49.7 Å². The Bertz CT molecular complexity index is 1770. The highest BCUT2D eigenvalue weighted by Gasteiger charge is 2.34. The summed E-state index contributed by atoms with van der Waals surface area (Å²) in [7, 11) is -3.87. The molecule has 38 heavy (non-hydrogen) atoms. The maximum atomic E-state index is 13.8. The first-order valence-electron chi connectivity index (χ1n) is 12.1. The number of nitrogens with zero attached hydrogens (tertiary/aromatic N) is 3. The quantitative estimate of drug-likeness (QED) is 0.264. The number of para-hydroxylation sites is 2. The van der Waals surface area contributed by atoms with Crippen molar-refractivity contribution < 1.29 is 13.2 Å². The molecule has 6 rings (SSSR count). The molecule has 0 saturated carbocycles. The van der Waals surface area contributed by atoms with Gasteiger partial charge in [-0.25, -0.2) is 8.42 Å². The highest BCUT2D eigenvalue weighted by atomic mass is 35.5. The van der Waals surface area contributed by atoms with Gasteiger partial charge in [-0.05, 0) is 71.4 Å². The van der Waals surface area contributed by atoms with Gasteiger partial charge in [-0.2, -0.15) is 0 Å². The number of pyridine rings is 1. The largest absolute Gasteiger partial charge is 0.304 e. The van der Waals surface area contributed by atoms with Crippen molar-refractivity contribution in [2.24, 2.45) is 0 Å². The van der Waals surface area contributed by atoms with Crippen LogP contribution in [0.15, 0.2) is 114 Å². The zero-order chi connectivity index (χ0) is 26.3. The van der Waals surface area contributed by atoms with Crippen LogP contribution in [0.2, 0.25) is 5.02 Å². The minimum absolute atomic E-state index is 0.135. The van der Waals surface area contributed by atoms with Gasteiger partial charge in [0.15, 0.2) is 0 Å². The van der Waals surface area contributed by atoms with Crippen LogP contribution in [0.1, 0.15) is 10.4 Å². The molecule has 0 aliphatic carbocycles. The van der Waals surface area contributed by atoms with Crippen LogP contribution >= 0.6 is 11.6 Å². The Morgan fingerprint density at radius 2 is 1.47 bits per heavy atom. The molecule has 0 atom stereocenters. The Morgan fingerprint density at radius 1 is 0.763 bits per heavy atom. The van der Waals surface area contributed by atoms with Gasteiger partial charge in [0.05, 0.1) is 28.5 Å². The van der Waals surface area contributed by atoms with Crippen LogP contribution in [0, 0.1) is 0 Å². The number of anilines is 2. The number of hydrogen-bond donors (Lipinski definition) is 0. The van der Waals surface area contributed by atoms with Crippen LogP contribution in [0.3, 0.4) is 0 Å². The molecule has 6 nitrogen and oxygen atoms in total. The van der Waals surface area contributed by atoms with Gasteiger partial charge in [0.2, 0.25) is 0 Å². The monoisotopic (exact) mass is 539 g/mol. The fraction of sp³-hybridized carbons (Fsp3) is 0.0667. The normalized spacial score (nSPS) is 13.4. The van der Waals surface area contributed by atoms with E-state index in [1.165, 1.54) is 4.31 Å². The Kier molecular flexibility index (Phi) is 6.10. The van der Waals surface area contributed by atoms with E-state index in [9.17, 15) is 13.2 Å². The topological polar surface area (TPSA) is 70.6 Å². The summed E-state index contributed by atoms with van der Waals surface area (Å²) in [4.78, 5) is 19.7. The molecule has 0 unspecified atom stereocenters. The summed E-state index contributed by atoms with van der Waals surface area (Å²) in [6.45, 7) is 0.357. The molecule has 2 heterocycles. The molecule has 4 aromatic carbocycles. The Morgan fingerprint density at radius 3 is 2.24 bits per heavy atom. The number of fused-ring (bicyclic) bond motifs is 2. The van der Waals surface area contributed by atoms with Crippen molar-refractivity contribution in [3.05, 3.63) is 120 Å². The van der Waals surface area contributed by atoms with Crippen molar-refractivity contribution in [2.45, 2.75) is 4.90 Å². The maximum absolute atomic E-state index is 13.8. The number of sulfonamides is 1. The van der Waals surface area contributed by atoms with Gasteiger partial charge in [-0.3, -0.25) is 14.1 Å². The second kappa shape index (κ2) is 9.59. The van der Waals surface area contributed by atoms with Crippen LogP contribution in [0.5, 0.6) is 0 Å². The fourth-order valence-corrected chi connectivity index (χ4v) is 6.44. The van der Waals surface area contributed by atoms with Gasteiger partial charge in [0.25, 0.3) is 15.9 Å². The molecule has 0 radical (unpaired) electrons. The molecule has 1 aromatic heterocycles. The molecule has 0 bridgehead atoms. The molecule has 1 amide bonds. The first-order valence-corrected chi connectivity index (χ1v) is 13.9. The smallest absolute Gasteiger partial charge is 0.264 e. The van der Waals surface area contributed by atoms with Gasteiger partial charge in [-0.1, -0.05) is 54.1 Å². The maximum Gasteiger partial charge on any atom is 0.264 e. The average Bonchev–Trinajstić information content (AvgIpc) is 2.96. The molecule has 1 aliphatic heterocycles. The van der Waals surface area contributed by atoms with E-state index in [1.54, 1.807) is 83.9 Å². The van der Waals surface area contributed by atoms with E-state index in [2.05, 4.69) is 4.98 Å². The van der Waals surface area contributed by atoms with Crippen molar-refractivity contribution in [2.75, 3.05) is 22.3 Å². The van der Waals surface area contributed by atoms with E-state index in [0.29, 0.717) is 22.0 Å². The summed E-state index contributed by atoms with van der Waals surface area (Å²) < 4.78 is 28.9. The van der Waals surface area contributed by atoms with E-state index in [-0.39, 0.29) is 23.9 Å². The third-order valence-corrected chi connectivity index (χ3v) is 8.71. The number of amides is 1. The zero-order valence-corrected chi connectivity index (χ0v) is 21.7. The number of halogens is 1. The number of benzene rings is 4. The van der Waals surface area contributed by atoms with Crippen LogP contribution in [0.4, 0.5) is 11.4 Å². The molecular weight excluding hydrogens is 518 g/mol.